The molecule has 5 atom stereocenters. The lowest BCUT2D eigenvalue weighted by Gasteiger charge is -2.30. The van der Waals surface area contributed by atoms with E-state index >= 15 is 0 Å². The highest BCUT2D eigenvalue weighted by Crippen LogP contribution is 2.58. The molecule has 2 saturated carbocycles. The van der Waals surface area contributed by atoms with Crippen molar-refractivity contribution in [3.8, 4) is 39.5 Å². The van der Waals surface area contributed by atoms with Crippen LogP contribution < -0.4 is 15.4 Å². The fourth-order valence-corrected chi connectivity index (χ4v) is 10.9. The minimum absolute atomic E-state index is 0.106. The van der Waals surface area contributed by atoms with E-state index in [2.05, 4.69) is 91.2 Å². The van der Waals surface area contributed by atoms with Crippen LogP contribution in [-0.2, 0) is 19.1 Å². The largest absolute Gasteiger partial charge is 0.471 e. The Morgan fingerprint density at radius 3 is 1.79 bits per heavy atom. The van der Waals surface area contributed by atoms with Gasteiger partial charge in [0, 0.05) is 24.4 Å². The van der Waals surface area contributed by atoms with Gasteiger partial charge in [-0.05, 0) is 89.0 Å². The molecule has 2 aliphatic heterocycles. The molecule has 4 aliphatic rings. The lowest BCUT2D eigenvalue weighted by molar-refractivity contribution is -0.136. The van der Waals surface area contributed by atoms with Gasteiger partial charge in [0.2, 0.25) is 17.7 Å². The van der Waals surface area contributed by atoms with Crippen LogP contribution in [0.5, 0.6) is 5.88 Å². The maximum atomic E-state index is 14.3. The number of carbonyl (C=O) groups is 4. The lowest BCUT2D eigenvalue weighted by atomic mass is 9.98. The van der Waals surface area contributed by atoms with Crippen LogP contribution in [0, 0.1) is 17.3 Å². The average Bonchev–Trinajstić information content (AvgIpc) is 4.09. The number of aromatic nitrogens is 6. The van der Waals surface area contributed by atoms with Crippen molar-refractivity contribution in [1.82, 2.24) is 50.3 Å². The Balaban J connectivity index is 0.832. The normalized spacial score (nSPS) is 20.3. The number of aromatic amines is 2. The molecule has 4 fully saturated rings. The molecule has 0 unspecified atom stereocenters. The van der Waals surface area contributed by atoms with Crippen LogP contribution in [0.15, 0.2) is 85.5 Å². The number of fused-ring (bicyclic) bond motifs is 1. The van der Waals surface area contributed by atoms with Crippen LogP contribution in [0.1, 0.15) is 114 Å². The number of H-pyrrole nitrogens is 2. The van der Waals surface area contributed by atoms with Gasteiger partial charge in [-0.1, -0.05) is 89.1 Å². The first kappa shape index (κ1) is 48.3. The number of likely N-dealkylation sites (tertiary alicyclic amines) is 2. The standard InChI is InChI=1S/C55H64N10O7/c1-31(2)47(62-53(68)70-5)51(66)64-29-40(72-46-28-56-41(25-57-46)34-9-7-8-10-34)23-44(64)49-58-26-42(60-49)35-13-11-33(12-14-35)36-15-16-38-22-39(18-17-37(38)21-36)43-27-59-50(61-43)45-24-55(19-20-55)30-65(45)52(67)48(32(3)4)63-54(69)71-6/h11-18,21-22,25-28,31-32,34,40,44-45,47-48H,7-10,19-20,23-24,29-30H2,1-6H3,(H,58,60)(H,59,61)(H,62,68)(H,63,69)/t40-,44-,45-,47-,48-/m0/s1. The van der Waals surface area contributed by atoms with Crippen molar-refractivity contribution in [3.63, 3.8) is 0 Å². The van der Waals surface area contributed by atoms with Gasteiger partial charge in [0.15, 0.2) is 0 Å². The van der Waals surface area contributed by atoms with E-state index in [1.54, 1.807) is 17.3 Å². The summed E-state index contributed by atoms with van der Waals surface area (Å²) in [5.74, 6) is 1.52. The fraction of sp³-hybridized carbons (Fsp3) is 0.455. The zero-order valence-corrected chi connectivity index (χ0v) is 41.8. The van der Waals surface area contributed by atoms with E-state index in [1.807, 2.05) is 45.0 Å². The number of hydrogen-bond donors (Lipinski definition) is 4. The minimum atomic E-state index is -0.820. The van der Waals surface area contributed by atoms with Crippen LogP contribution in [0.2, 0.25) is 0 Å². The fourth-order valence-electron chi connectivity index (χ4n) is 10.9. The van der Waals surface area contributed by atoms with E-state index in [0.29, 0.717) is 30.6 Å². The SMILES string of the molecule is COC(=O)N[C@H](C(=O)N1C[C@@H](Oc2cnc(C3CCCC3)cn2)C[C@H]1c1ncc(-c2ccc(-c3ccc4cc(-c5cnc([C@@H]6CC7(CC7)CN6C(=O)[C@@H](NC(=O)OC)C(C)C)[nH]5)ccc4c3)cc2)[nH]1)C(C)C. The van der Waals surface area contributed by atoms with E-state index in [-0.39, 0.29) is 47.8 Å². The highest BCUT2D eigenvalue weighted by atomic mass is 16.5. The predicted octanol–water partition coefficient (Wildman–Crippen LogP) is 9.27. The first-order valence-corrected chi connectivity index (χ1v) is 25.3. The molecule has 5 heterocycles. The van der Waals surface area contributed by atoms with Crippen LogP contribution in [0.3, 0.4) is 0 Å². The van der Waals surface area contributed by atoms with Gasteiger partial charge in [-0.2, -0.15) is 0 Å². The number of carbonyl (C=O) groups excluding carboxylic acids is 4. The molecule has 4 N–H and O–H groups in total. The number of nitrogens with one attached hydrogen (secondary N) is 4. The van der Waals surface area contributed by atoms with E-state index in [4.69, 9.17) is 24.2 Å². The molecule has 376 valence electrons. The summed E-state index contributed by atoms with van der Waals surface area (Å²) in [5.41, 5.74) is 6.82. The van der Waals surface area contributed by atoms with E-state index in [1.165, 1.54) is 27.1 Å². The first-order chi connectivity index (χ1) is 34.8. The number of hydrogen-bond acceptors (Lipinski definition) is 11. The van der Waals surface area contributed by atoms with Gasteiger partial charge < -0.3 is 44.6 Å². The summed E-state index contributed by atoms with van der Waals surface area (Å²) < 4.78 is 16.1. The Bertz CT molecular complexity index is 2940. The summed E-state index contributed by atoms with van der Waals surface area (Å²) in [6.45, 7) is 8.54. The summed E-state index contributed by atoms with van der Waals surface area (Å²) in [6.07, 6.45) is 13.6. The summed E-state index contributed by atoms with van der Waals surface area (Å²) in [4.78, 5) is 82.4. The summed E-state index contributed by atoms with van der Waals surface area (Å²) in [6, 6.07) is 18.9. The van der Waals surface area contributed by atoms with Gasteiger partial charge >= 0.3 is 12.2 Å². The highest BCUT2D eigenvalue weighted by Gasteiger charge is 2.55. The highest BCUT2D eigenvalue weighted by molar-refractivity contribution is 5.91. The number of imidazole rings is 2. The van der Waals surface area contributed by atoms with Gasteiger partial charge in [-0.3, -0.25) is 14.6 Å². The second-order valence-corrected chi connectivity index (χ2v) is 20.9. The Kier molecular flexibility index (Phi) is 13.5. The third kappa shape index (κ3) is 9.97. The molecular formula is C55H64N10O7. The Labute approximate surface area is 419 Å². The lowest BCUT2D eigenvalue weighted by Crippen LogP contribution is -2.51. The van der Waals surface area contributed by atoms with E-state index in [9.17, 15) is 19.2 Å². The smallest absolute Gasteiger partial charge is 0.407 e. The van der Waals surface area contributed by atoms with Crippen LogP contribution in [0.25, 0.3) is 44.4 Å². The van der Waals surface area contributed by atoms with Gasteiger partial charge in [0.1, 0.15) is 29.8 Å². The number of alkyl carbamates (subject to hydrolysis) is 2. The second-order valence-electron chi connectivity index (χ2n) is 20.9. The van der Waals surface area contributed by atoms with Gasteiger partial charge in [-0.25, -0.2) is 24.5 Å². The third-order valence-electron chi connectivity index (χ3n) is 15.3. The minimum Gasteiger partial charge on any atom is -0.471 e. The molecule has 3 aromatic heterocycles. The van der Waals surface area contributed by atoms with Crippen LogP contribution >= 0.6 is 0 Å². The molecule has 0 radical (unpaired) electrons. The zero-order valence-electron chi connectivity index (χ0n) is 41.8. The molecule has 72 heavy (non-hydrogen) atoms. The monoisotopic (exact) mass is 976 g/mol. The van der Waals surface area contributed by atoms with Crippen molar-refractivity contribution < 1.29 is 33.4 Å². The number of amides is 4. The number of benzene rings is 3. The topological polar surface area (TPSA) is 210 Å². The number of rotatable bonds is 14. The molecule has 2 aliphatic carbocycles. The van der Waals surface area contributed by atoms with Crippen molar-refractivity contribution in [1.29, 1.82) is 0 Å². The van der Waals surface area contributed by atoms with Crippen LogP contribution in [-0.4, -0.2) is 109 Å². The Morgan fingerprint density at radius 2 is 1.21 bits per heavy atom. The third-order valence-corrected chi connectivity index (χ3v) is 15.3. The Morgan fingerprint density at radius 1 is 0.653 bits per heavy atom. The molecule has 1 spiro atoms. The van der Waals surface area contributed by atoms with Gasteiger partial charge in [-0.15, -0.1) is 0 Å². The van der Waals surface area contributed by atoms with Crippen molar-refractivity contribution in [2.24, 2.45) is 17.3 Å². The quantitative estimate of drug-likeness (QED) is 0.0808. The molecule has 17 heteroatoms. The molecular weight excluding hydrogens is 913 g/mol. The summed E-state index contributed by atoms with van der Waals surface area (Å²) >= 11 is 0. The Hall–Kier alpha value is -7.30. The molecule has 10 rings (SSSR count). The molecule has 3 aromatic carbocycles. The van der Waals surface area contributed by atoms with Crippen molar-refractivity contribution in [3.05, 3.63) is 103 Å². The van der Waals surface area contributed by atoms with Crippen molar-refractivity contribution in [2.75, 3.05) is 27.3 Å². The first-order valence-electron chi connectivity index (χ1n) is 25.3. The van der Waals surface area contributed by atoms with Gasteiger partial charge in [0.25, 0.3) is 0 Å². The van der Waals surface area contributed by atoms with E-state index in [0.717, 1.165) is 88.0 Å². The number of methoxy groups -OCH3 is 2. The summed E-state index contributed by atoms with van der Waals surface area (Å²) in [7, 11) is 2.59. The molecule has 0 bridgehead atoms. The molecule has 6 aromatic rings. The van der Waals surface area contributed by atoms with Gasteiger partial charge in [0.05, 0.1) is 74.7 Å². The summed E-state index contributed by atoms with van der Waals surface area (Å²) in [5, 5.41) is 7.66. The molecule has 2 saturated heterocycles. The predicted molar refractivity (Wildman–Crippen MR) is 270 cm³/mol. The number of ether oxygens (including phenoxy) is 3. The van der Waals surface area contributed by atoms with Crippen molar-refractivity contribution in [2.45, 2.75) is 115 Å². The zero-order chi connectivity index (χ0) is 50.3. The number of nitrogens with zero attached hydrogens (tertiary/aromatic N) is 6. The molecule has 4 amide bonds. The molecule has 17 nitrogen and oxygen atoms in total. The maximum absolute atomic E-state index is 14.3. The van der Waals surface area contributed by atoms with Crippen molar-refractivity contribution >= 4 is 34.8 Å². The van der Waals surface area contributed by atoms with E-state index < -0.39 is 30.3 Å². The maximum Gasteiger partial charge on any atom is 0.407 e. The van der Waals surface area contributed by atoms with Crippen LogP contribution in [0.4, 0.5) is 9.59 Å². The average molecular weight is 977 g/mol. The second kappa shape index (κ2) is 20.1.